The molecule has 5 nitrogen and oxygen atoms in total. The van der Waals surface area contributed by atoms with E-state index in [1.165, 1.54) is 5.56 Å². The highest BCUT2D eigenvalue weighted by atomic mass is 35.5. The van der Waals surface area contributed by atoms with Crippen LogP contribution in [0.1, 0.15) is 36.7 Å². The van der Waals surface area contributed by atoms with E-state index in [1.54, 1.807) is 4.68 Å². The highest BCUT2D eigenvalue weighted by Gasteiger charge is 2.11. The molecule has 0 atom stereocenters. The molecule has 0 aliphatic carbocycles. The average Bonchev–Trinajstić information content (AvgIpc) is 2.80. The molecule has 0 spiro atoms. The van der Waals surface area contributed by atoms with Gasteiger partial charge in [0, 0.05) is 31.3 Å². The Morgan fingerprint density at radius 3 is 2.70 bits per heavy atom. The van der Waals surface area contributed by atoms with Gasteiger partial charge in [0.25, 0.3) is 0 Å². The molecule has 2 aromatic rings. The Bertz CT molecular complexity index is 591. The molecular formula is C14H20ClN5. The fourth-order valence-corrected chi connectivity index (χ4v) is 2.04. The first kappa shape index (κ1) is 14.8. The van der Waals surface area contributed by atoms with Crippen molar-refractivity contribution in [3.05, 3.63) is 34.5 Å². The first-order chi connectivity index (χ1) is 9.47. The van der Waals surface area contributed by atoms with Crippen LogP contribution < -0.4 is 5.32 Å². The molecule has 2 rings (SSSR count). The highest BCUT2D eigenvalue weighted by molar-refractivity contribution is 6.30. The minimum Gasteiger partial charge on any atom is -0.369 e. The standard InChI is InChI=1S/C14H20ClN5/c1-9(2)13-18-12(15)10(3)14(19-13)16-6-5-11-7-17-20(4)8-11/h7-9H,5-6H2,1-4H3,(H,16,18,19). The summed E-state index contributed by atoms with van der Waals surface area (Å²) in [6, 6.07) is 0. The lowest BCUT2D eigenvalue weighted by Gasteiger charge is -2.12. The summed E-state index contributed by atoms with van der Waals surface area (Å²) < 4.78 is 1.80. The van der Waals surface area contributed by atoms with Gasteiger partial charge < -0.3 is 5.32 Å². The molecule has 0 aliphatic rings. The minimum absolute atomic E-state index is 0.256. The molecular weight excluding hydrogens is 274 g/mol. The Balaban J connectivity index is 2.05. The highest BCUT2D eigenvalue weighted by Crippen LogP contribution is 2.22. The number of anilines is 1. The largest absolute Gasteiger partial charge is 0.369 e. The first-order valence-corrected chi connectivity index (χ1v) is 7.10. The topological polar surface area (TPSA) is 55.6 Å². The fourth-order valence-electron chi connectivity index (χ4n) is 1.86. The predicted octanol–water partition coefficient (Wildman–Crippen LogP) is 2.95. The number of hydrogen-bond acceptors (Lipinski definition) is 4. The van der Waals surface area contributed by atoms with E-state index >= 15 is 0 Å². The smallest absolute Gasteiger partial charge is 0.137 e. The van der Waals surface area contributed by atoms with Gasteiger partial charge in [-0.3, -0.25) is 4.68 Å². The van der Waals surface area contributed by atoms with Crippen LogP contribution in [0.4, 0.5) is 5.82 Å². The maximum absolute atomic E-state index is 6.16. The van der Waals surface area contributed by atoms with Crippen LogP contribution in [0.5, 0.6) is 0 Å². The van der Waals surface area contributed by atoms with Crippen LogP contribution in [-0.4, -0.2) is 26.3 Å². The third kappa shape index (κ3) is 3.48. The van der Waals surface area contributed by atoms with Crippen LogP contribution in [0.25, 0.3) is 0 Å². The van der Waals surface area contributed by atoms with E-state index in [0.29, 0.717) is 5.15 Å². The van der Waals surface area contributed by atoms with Crippen molar-refractivity contribution >= 4 is 17.4 Å². The van der Waals surface area contributed by atoms with Crippen LogP contribution in [0.3, 0.4) is 0 Å². The van der Waals surface area contributed by atoms with Crippen molar-refractivity contribution in [2.45, 2.75) is 33.1 Å². The van der Waals surface area contributed by atoms with Gasteiger partial charge in [0.1, 0.15) is 16.8 Å². The van der Waals surface area contributed by atoms with Crippen LogP contribution in [-0.2, 0) is 13.5 Å². The Morgan fingerprint density at radius 2 is 2.10 bits per heavy atom. The van der Waals surface area contributed by atoms with E-state index < -0.39 is 0 Å². The zero-order valence-electron chi connectivity index (χ0n) is 12.3. The zero-order chi connectivity index (χ0) is 14.7. The van der Waals surface area contributed by atoms with E-state index in [4.69, 9.17) is 11.6 Å². The Labute approximate surface area is 124 Å². The van der Waals surface area contributed by atoms with Gasteiger partial charge in [-0.1, -0.05) is 25.4 Å². The van der Waals surface area contributed by atoms with Crippen molar-refractivity contribution in [1.82, 2.24) is 19.7 Å². The van der Waals surface area contributed by atoms with E-state index in [9.17, 15) is 0 Å². The van der Waals surface area contributed by atoms with Gasteiger partial charge in [-0.25, -0.2) is 9.97 Å². The summed E-state index contributed by atoms with van der Waals surface area (Å²) in [6.07, 6.45) is 4.79. The predicted molar refractivity (Wildman–Crippen MR) is 81.3 cm³/mol. The van der Waals surface area contributed by atoms with Crippen molar-refractivity contribution in [2.75, 3.05) is 11.9 Å². The molecule has 0 bridgehead atoms. The Hall–Kier alpha value is -1.62. The molecule has 20 heavy (non-hydrogen) atoms. The molecule has 2 aromatic heterocycles. The quantitative estimate of drug-likeness (QED) is 0.861. The van der Waals surface area contributed by atoms with Gasteiger partial charge in [0.05, 0.1) is 6.20 Å². The summed E-state index contributed by atoms with van der Waals surface area (Å²) in [6.45, 7) is 6.83. The summed E-state index contributed by atoms with van der Waals surface area (Å²) in [4.78, 5) is 8.84. The minimum atomic E-state index is 0.256. The number of nitrogens with zero attached hydrogens (tertiary/aromatic N) is 4. The van der Waals surface area contributed by atoms with Crippen molar-refractivity contribution in [2.24, 2.45) is 7.05 Å². The number of halogens is 1. The van der Waals surface area contributed by atoms with Crippen molar-refractivity contribution in [3.8, 4) is 0 Å². The maximum Gasteiger partial charge on any atom is 0.137 e. The maximum atomic E-state index is 6.16. The number of aromatic nitrogens is 4. The lowest BCUT2D eigenvalue weighted by molar-refractivity contribution is 0.766. The number of aryl methyl sites for hydroxylation is 1. The van der Waals surface area contributed by atoms with Crippen LogP contribution in [0.15, 0.2) is 12.4 Å². The normalized spacial score (nSPS) is 11.1. The van der Waals surface area contributed by atoms with Gasteiger partial charge >= 0.3 is 0 Å². The van der Waals surface area contributed by atoms with Crippen LogP contribution >= 0.6 is 11.6 Å². The third-order valence-electron chi connectivity index (χ3n) is 3.08. The second-order valence-electron chi connectivity index (χ2n) is 5.20. The molecule has 0 unspecified atom stereocenters. The van der Waals surface area contributed by atoms with E-state index in [2.05, 4.69) is 34.2 Å². The van der Waals surface area contributed by atoms with Crippen molar-refractivity contribution < 1.29 is 0 Å². The second-order valence-corrected chi connectivity index (χ2v) is 5.56. The molecule has 108 valence electrons. The summed E-state index contributed by atoms with van der Waals surface area (Å²) in [5.74, 6) is 1.84. The van der Waals surface area contributed by atoms with Crippen molar-refractivity contribution in [3.63, 3.8) is 0 Å². The van der Waals surface area contributed by atoms with Gasteiger partial charge in [-0.15, -0.1) is 0 Å². The van der Waals surface area contributed by atoms with Gasteiger partial charge in [-0.2, -0.15) is 5.10 Å². The molecule has 0 saturated heterocycles. The van der Waals surface area contributed by atoms with Crippen LogP contribution in [0.2, 0.25) is 5.15 Å². The summed E-state index contributed by atoms with van der Waals surface area (Å²) in [5.41, 5.74) is 2.09. The lowest BCUT2D eigenvalue weighted by atomic mass is 10.2. The van der Waals surface area contributed by atoms with Gasteiger partial charge in [-0.05, 0) is 18.9 Å². The fraction of sp³-hybridized carbons (Fsp3) is 0.500. The van der Waals surface area contributed by atoms with E-state index in [1.807, 2.05) is 26.4 Å². The number of nitrogens with one attached hydrogen (secondary N) is 1. The molecule has 6 heteroatoms. The monoisotopic (exact) mass is 293 g/mol. The summed E-state index contributed by atoms with van der Waals surface area (Å²) in [5, 5.41) is 8.01. The molecule has 0 fully saturated rings. The SMILES string of the molecule is Cc1c(Cl)nc(C(C)C)nc1NCCc1cnn(C)c1. The Morgan fingerprint density at radius 1 is 1.35 bits per heavy atom. The molecule has 0 radical (unpaired) electrons. The average molecular weight is 294 g/mol. The molecule has 0 aliphatic heterocycles. The lowest BCUT2D eigenvalue weighted by Crippen LogP contribution is -2.10. The molecule has 1 N–H and O–H groups in total. The molecule has 0 aromatic carbocycles. The number of rotatable bonds is 5. The second kappa shape index (κ2) is 6.22. The van der Waals surface area contributed by atoms with E-state index in [-0.39, 0.29) is 5.92 Å². The van der Waals surface area contributed by atoms with Gasteiger partial charge in [0.2, 0.25) is 0 Å². The Kier molecular flexibility index (Phi) is 4.60. The summed E-state index contributed by atoms with van der Waals surface area (Å²) >= 11 is 6.16. The molecule has 0 saturated carbocycles. The summed E-state index contributed by atoms with van der Waals surface area (Å²) in [7, 11) is 1.92. The third-order valence-corrected chi connectivity index (χ3v) is 3.45. The number of hydrogen-bond donors (Lipinski definition) is 1. The first-order valence-electron chi connectivity index (χ1n) is 6.72. The molecule has 2 heterocycles. The van der Waals surface area contributed by atoms with Crippen LogP contribution in [0, 0.1) is 6.92 Å². The van der Waals surface area contributed by atoms with Crippen molar-refractivity contribution in [1.29, 1.82) is 0 Å². The molecule has 0 amide bonds. The zero-order valence-corrected chi connectivity index (χ0v) is 13.1. The van der Waals surface area contributed by atoms with E-state index in [0.717, 1.165) is 30.2 Å². The van der Waals surface area contributed by atoms with Gasteiger partial charge in [0.15, 0.2) is 0 Å².